The van der Waals surface area contributed by atoms with Crippen molar-refractivity contribution in [2.24, 2.45) is 0 Å². The van der Waals surface area contributed by atoms with Crippen LogP contribution in [0.3, 0.4) is 0 Å². The lowest BCUT2D eigenvalue weighted by molar-refractivity contribution is 0.727. The summed E-state index contributed by atoms with van der Waals surface area (Å²) in [4.78, 5) is 0. The summed E-state index contributed by atoms with van der Waals surface area (Å²) in [6, 6.07) is 0. The maximum atomic E-state index is 5.37. The molecule has 0 rings (SSSR count). The van der Waals surface area contributed by atoms with Crippen LogP contribution in [0, 0.1) is 6.58 Å². The van der Waals surface area contributed by atoms with Gasteiger partial charge in [0.15, 0.2) is 0 Å². The average molecular weight is 176 g/mol. The fourth-order valence-electron chi connectivity index (χ4n) is 0.544. The van der Waals surface area contributed by atoms with Crippen molar-refractivity contribution in [1.82, 2.24) is 0 Å². The first-order chi connectivity index (χ1) is 3.77. The van der Waals surface area contributed by atoms with Crippen LogP contribution in [0.5, 0.6) is 0 Å². The molecule has 0 unspecified atom stereocenters. The van der Waals surface area contributed by atoms with E-state index in [1.807, 2.05) is 0 Å². The van der Waals surface area contributed by atoms with Crippen LogP contribution in [-0.2, 0) is 0 Å². The van der Waals surface area contributed by atoms with Crippen molar-refractivity contribution in [2.45, 2.75) is 32.6 Å². The van der Waals surface area contributed by atoms with Crippen LogP contribution in [0.15, 0.2) is 4.48 Å². The Hall–Kier alpha value is 0.220. The molecule has 0 aliphatic heterocycles. The van der Waals surface area contributed by atoms with Gasteiger partial charge in [-0.3, -0.25) is 0 Å². The third kappa shape index (κ3) is 6.22. The SMILES string of the molecule is [CH]=C(Br)CCCCC. The smallest absolute Gasteiger partial charge is 0.00491 e. The van der Waals surface area contributed by atoms with Gasteiger partial charge in [-0.2, -0.15) is 0 Å². The van der Waals surface area contributed by atoms with Gasteiger partial charge in [-0.1, -0.05) is 42.3 Å². The summed E-state index contributed by atoms with van der Waals surface area (Å²) in [7, 11) is 0. The van der Waals surface area contributed by atoms with E-state index in [1.54, 1.807) is 0 Å². The highest BCUT2D eigenvalue weighted by Crippen LogP contribution is 2.11. The summed E-state index contributed by atoms with van der Waals surface area (Å²) in [5.41, 5.74) is 0. The predicted octanol–water partition coefficient (Wildman–Crippen LogP) is 3.28. The molecule has 0 heterocycles. The molecule has 0 aromatic rings. The average Bonchev–Trinajstić information content (AvgIpc) is 1.66. The first-order valence-corrected chi connectivity index (χ1v) is 3.83. The molecular weight excluding hydrogens is 164 g/mol. The van der Waals surface area contributed by atoms with E-state index in [0.717, 1.165) is 10.9 Å². The van der Waals surface area contributed by atoms with Crippen LogP contribution >= 0.6 is 15.9 Å². The molecular formula is C7H12Br. The normalized spacial score (nSPS) is 9.25. The van der Waals surface area contributed by atoms with Gasteiger partial charge in [0, 0.05) is 0 Å². The van der Waals surface area contributed by atoms with Crippen LogP contribution in [0.4, 0.5) is 0 Å². The predicted molar refractivity (Wildman–Crippen MR) is 40.9 cm³/mol. The highest BCUT2D eigenvalue weighted by molar-refractivity contribution is 9.11. The molecule has 0 fully saturated rings. The van der Waals surface area contributed by atoms with Crippen molar-refractivity contribution in [2.75, 3.05) is 0 Å². The Morgan fingerprint density at radius 2 is 2.12 bits per heavy atom. The number of unbranched alkanes of at least 4 members (excludes halogenated alkanes) is 2. The lowest BCUT2D eigenvalue weighted by Gasteiger charge is -1.93. The zero-order chi connectivity index (χ0) is 6.41. The van der Waals surface area contributed by atoms with E-state index in [0.29, 0.717) is 0 Å². The highest BCUT2D eigenvalue weighted by atomic mass is 79.9. The number of hydrogen-bond donors (Lipinski definition) is 0. The van der Waals surface area contributed by atoms with E-state index in [2.05, 4.69) is 22.9 Å². The molecule has 0 aliphatic rings. The van der Waals surface area contributed by atoms with Gasteiger partial charge in [0.05, 0.1) is 0 Å². The number of allylic oxidation sites excluding steroid dienone is 1. The van der Waals surface area contributed by atoms with E-state index in [1.165, 1.54) is 19.3 Å². The second-order valence-corrected chi connectivity index (χ2v) is 2.92. The summed E-state index contributed by atoms with van der Waals surface area (Å²) in [6.07, 6.45) is 4.79. The fraction of sp³-hybridized carbons (Fsp3) is 0.714. The molecule has 0 aliphatic carbocycles. The minimum atomic E-state index is 0.881. The van der Waals surface area contributed by atoms with E-state index < -0.39 is 0 Å². The molecule has 1 radical (unpaired) electrons. The third-order valence-corrected chi connectivity index (χ3v) is 1.42. The van der Waals surface area contributed by atoms with Crippen molar-refractivity contribution in [3.63, 3.8) is 0 Å². The van der Waals surface area contributed by atoms with Crippen LogP contribution < -0.4 is 0 Å². The van der Waals surface area contributed by atoms with Gasteiger partial charge in [-0.15, -0.1) is 0 Å². The van der Waals surface area contributed by atoms with Crippen molar-refractivity contribution in [3.8, 4) is 0 Å². The molecule has 0 saturated heterocycles. The van der Waals surface area contributed by atoms with Gasteiger partial charge in [0.2, 0.25) is 0 Å². The minimum absolute atomic E-state index is 0.881. The standard InChI is InChI=1S/C7H12Br/c1-3-4-5-6-7(2)8/h2H,3-6H2,1H3. The van der Waals surface area contributed by atoms with Gasteiger partial charge >= 0.3 is 0 Å². The first kappa shape index (κ1) is 8.22. The quantitative estimate of drug-likeness (QED) is 0.576. The summed E-state index contributed by atoms with van der Waals surface area (Å²) >= 11 is 3.20. The minimum Gasteiger partial charge on any atom is -0.0654 e. The van der Waals surface area contributed by atoms with Crippen LogP contribution in [0.25, 0.3) is 0 Å². The highest BCUT2D eigenvalue weighted by Gasteiger charge is 1.86. The topological polar surface area (TPSA) is 0 Å². The molecule has 0 saturated carbocycles. The molecule has 0 aromatic carbocycles. The third-order valence-electron chi connectivity index (χ3n) is 1.02. The number of rotatable bonds is 4. The summed E-state index contributed by atoms with van der Waals surface area (Å²) < 4.78 is 0.881. The van der Waals surface area contributed by atoms with Gasteiger partial charge in [-0.05, 0) is 17.3 Å². The van der Waals surface area contributed by atoms with E-state index in [9.17, 15) is 0 Å². The molecule has 1 heteroatoms. The zero-order valence-electron chi connectivity index (χ0n) is 5.28. The Morgan fingerprint density at radius 3 is 2.50 bits per heavy atom. The molecule has 0 nitrogen and oxygen atoms in total. The maximum Gasteiger partial charge on any atom is -0.00491 e. The van der Waals surface area contributed by atoms with E-state index in [4.69, 9.17) is 6.58 Å². The zero-order valence-corrected chi connectivity index (χ0v) is 6.87. The molecule has 8 heavy (non-hydrogen) atoms. The lowest BCUT2D eigenvalue weighted by atomic mass is 10.2. The van der Waals surface area contributed by atoms with Gasteiger partial charge in [-0.25, -0.2) is 0 Å². The first-order valence-electron chi connectivity index (χ1n) is 3.04. The largest absolute Gasteiger partial charge is 0.0654 e. The van der Waals surface area contributed by atoms with Gasteiger partial charge < -0.3 is 0 Å². The lowest BCUT2D eigenvalue weighted by Crippen LogP contribution is -1.72. The molecule has 0 aromatic heterocycles. The molecule has 0 N–H and O–H groups in total. The summed E-state index contributed by atoms with van der Waals surface area (Å²) in [6.45, 7) is 7.55. The molecule has 0 spiro atoms. The second-order valence-electron chi connectivity index (χ2n) is 1.90. The van der Waals surface area contributed by atoms with E-state index in [-0.39, 0.29) is 0 Å². The van der Waals surface area contributed by atoms with Gasteiger partial charge in [0.1, 0.15) is 0 Å². The van der Waals surface area contributed by atoms with Crippen LogP contribution in [0.2, 0.25) is 0 Å². The number of hydrogen-bond acceptors (Lipinski definition) is 0. The van der Waals surface area contributed by atoms with Crippen molar-refractivity contribution >= 4 is 15.9 Å². The summed E-state index contributed by atoms with van der Waals surface area (Å²) in [5, 5.41) is 0. The second kappa shape index (κ2) is 5.36. The van der Waals surface area contributed by atoms with Crippen molar-refractivity contribution in [1.29, 1.82) is 0 Å². The Balaban J connectivity index is 2.82. The molecule has 47 valence electrons. The molecule has 0 atom stereocenters. The fourth-order valence-corrected chi connectivity index (χ4v) is 0.824. The molecule has 0 amide bonds. The van der Waals surface area contributed by atoms with Crippen LogP contribution in [0.1, 0.15) is 32.6 Å². The van der Waals surface area contributed by atoms with E-state index >= 15 is 0 Å². The number of halogens is 1. The monoisotopic (exact) mass is 175 g/mol. The Bertz CT molecular complexity index is 66.8. The van der Waals surface area contributed by atoms with Crippen molar-refractivity contribution in [3.05, 3.63) is 11.1 Å². The van der Waals surface area contributed by atoms with Crippen molar-refractivity contribution < 1.29 is 0 Å². The maximum absolute atomic E-state index is 5.37. The Kier molecular flexibility index (Phi) is 5.51. The Morgan fingerprint density at radius 1 is 1.50 bits per heavy atom. The van der Waals surface area contributed by atoms with Gasteiger partial charge in [0.25, 0.3) is 0 Å². The molecule has 0 bridgehead atoms. The van der Waals surface area contributed by atoms with Crippen LogP contribution in [-0.4, -0.2) is 0 Å². The summed E-state index contributed by atoms with van der Waals surface area (Å²) in [5.74, 6) is 0. The Labute approximate surface area is 60.1 Å².